The Morgan fingerprint density at radius 1 is 1.52 bits per heavy atom. The Labute approximate surface area is 130 Å². The standard InChI is InChI=1S/C14H22N2O3S2/c1-3-4-6-16(11-5-7-21(18,19)9-11)14(17)13-8-12(15)10(2)20-13/h8,11H,3-7,9,15H2,1-2H3. The molecule has 1 fully saturated rings. The van der Waals surface area contributed by atoms with Crippen LogP contribution in [-0.2, 0) is 9.84 Å². The zero-order chi connectivity index (χ0) is 15.6. The number of nitrogens with two attached hydrogens (primary N) is 1. The maximum Gasteiger partial charge on any atom is 0.264 e. The number of carbonyl (C=O) groups excluding carboxylic acids is 1. The van der Waals surface area contributed by atoms with Crippen molar-refractivity contribution in [3.63, 3.8) is 0 Å². The summed E-state index contributed by atoms with van der Waals surface area (Å²) in [5.74, 6) is 0.178. The molecule has 0 aromatic carbocycles. The average molecular weight is 330 g/mol. The first kappa shape index (κ1) is 16.3. The Kier molecular flexibility index (Phi) is 4.93. The second-order valence-corrected chi connectivity index (χ2v) is 9.02. The third kappa shape index (κ3) is 3.77. The van der Waals surface area contributed by atoms with Crippen LogP contribution in [0.3, 0.4) is 0 Å². The van der Waals surface area contributed by atoms with Crippen molar-refractivity contribution in [2.24, 2.45) is 0 Å². The van der Waals surface area contributed by atoms with Crippen LogP contribution in [0.25, 0.3) is 0 Å². The number of anilines is 1. The Morgan fingerprint density at radius 3 is 2.71 bits per heavy atom. The summed E-state index contributed by atoms with van der Waals surface area (Å²) in [4.78, 5) is 16.0. The molecule has 2 N–H and O–H groups in total. The molecule has 1 amide bonds. The quantitative estimate of drug-likeness (QED) is 0.896. The Balaban J connectivity index is 2.21. The fourth-order valence-electron chi connectivity index (χ4n) is 2.54. The molecule has 5 nitrogen and oxygen atoms in total. The third-order valence-electron chi connectivity index (χ3n) is 3.83. The zero-order valence-electron chi connectivity index (χ0n) is 12.5. The summed E-state index contributed by atoms with van der Waals surface area (Å²) in [5.41, 5.74) is 6.44. The molecule has 1 unspecified atom stereocenters. The lowest BCUT2D eigenvalue weighted by molar-refractivity contribution is 0.0699. The van der Waals surface area contributed by atoms with E-state index in [9.17, 15) is 13.2 Å². The van der Waals surface area contributed by atoms with Crippen LogP contribution in [0.4, 0.5) is 5.69 Å². The molecule has 118 valence electrons. The highest BCUT2D eigenvalue weighted by Crippen LogP contribution is 2.27. The first-order chi connectivity index (χ1) is 9.84. The summed E-state index contributed by atoms with van der Waals surface area (Å²) in [7, 11) is -3.00. The van der Waals surface area contributed by atoms with Crippen LogP contribution >= 0.6 is 11.3 Å². The van der Waals surface area contributed by atoms with Gasteiger partial charge < -0.3 is 10.6 Å². The molecule has 21 heavy (non-hydrogen) atoms. The highest BCUT2D eigenvalue weighted by atomic mass is 32.2. The van der Waals surface area contributed by atoms with Crippen molar-refractivity contribution in [3.8, 4) is 0 Å². The number of unbranched alkanes of at least 4 members (excludes halogenated alkanes) is 1. The number of rotatable bonds is 5. The van der Waals surface area contributed by atoms with Gasteiger partial charge in [0.25, 0.3) is 5.91 Å². The lowest BCUT2D eigenvalue weighted by atomic mass is 10.2. The van der Waals surface area contributed by atoms with E-state index in [1.807, 2.05) is 6.92 Å². The highest BCUT2D eigenvalue weighted by molar-refractivity contribution is 7.91. The van der Waals surface area contributed by atoms with Crippen LogP contribution in [0.15, 0.2) is 6.07 Å². The number of thiophene rings is 1. The van der Waals surface area contributed by atoms with Crippen molar-refractivity contribution in [2.45, 2.75) is 39.2 Å². The van der Waals surface area contributed by atoms with Gasteiger partial charge in [0.15, 0.2) is 9.84 Å². The molecule has 2 heterocycles. The van der Waals surface area contributed by atoms with Crippen molar-refractivity contribution in [1.29, 1.82) is 0 Å². The summed E-state index contributed by atoms with van der Waals surface area (Å²) >= 11 is 1.38. The minimum absolute atomic E-state index is 0.0856. The van der Waals surface area contributed by atoms with Gasteiger partial charge in [-0.15, -0.1) is 11.3 Å². The maximum absolute atomic E-state index is 12.7. The van der Waals surface area contributed by atoms with E-state index in [0.717, 1.165) is 17.7 Å². The van der Waals surface area contributed by atoms with Crippen LogP contribution in [0, 0.1) is 6.92 Å². The van der Waals surface area contributed by atoms with E-state index >= 15 is 0 Å². The van der Waals surface area contributed by atoms with Gasteiger partial charge in [-0.3, -0.25) is 4.79 Å². The van der Waals surface area contributed by atoms with Gasteiger partial charge in [0.2, 0.25) is 0 Å². The van der Waals surface area contributed by atoms with Gasteiger partial charge in [0.05, 0.1) is 16.4 Å². The molecule has 1 aromatic heterocycles. The maximum atomic E-state index is 12.7. The van der Waals surface area contributed by atoms with E-state index in [4.69, 9.17) is 5.73 Å². The van der Waals surface area contributed by atoms with Crippen LogP contribution in [-0.4, -0.2) is 43.3 Å². The summed E-state index contributed by atoms with van der Waals surface area (Å²) in [6, 6.07) is 1.50. The molecular weight excluding hydrogens is 308 g/mol. The first-order valence-corrected chi connectivity index (χ1v) is 9.85. The van der Waals surface area contributed by atoms with Gasteiger partial charge in [-0.05, 0) is 25.8 Å². The minimum atomic E-state index is -3.00. The lowest BCUT2D eigenvalue weighted by Crippen LogP contribution is -2.41. The number of nitrogen functional groups attached to an aromatic ring is 1. The second-order valence-electron chi connectivity index (χ2n) is 5.53. The lowest BCUT2D eigenvalue weighted by Gasteiger charge is -2.27. The van der Waals surface area contributed by atoms with Crippen LogP contribution in [0.5, 0.6) is 0 Å². The second kappa shape index (κ2) is 6.36. The summed E-state index contributed by atoms with van der Waals surface area (Å²) in [6.45, 7) is 4.54. The number of sulfone groups is 1. The van der Waals surface area contributed by atoms with Gasteiger partial charge >= 0.3 is 0 Å². The van der Waals surface area contributed by atoms with Gasteiger partial charge in [-0.25, -0.2) is 8.42 Å². The number of hydrogen-bond acceptors (Lipinski definition) is 5. The topological polar surface area (TPSA) is 80.5 Å². The molecule has 1 saturated heterocycles. The van der Waals surface area contributed by atoms with E-state index in [1.54, 1.807) is 11.0 Å². The first-order valence-electron chi connectivity index (χ1n) is 7.21. The predicted molar refractivity (Wildman–Crippen MR) is 86.5 cm³/mol. The van der Waals surface area contributed by atoms with E-state index in [2.05, 4.69) is 6.92 Å². The normalized spacial score (nSPS) is 20.6. The molecular formula is C14H22N2O3S2. The van der Waals surface area contributed by atoms with Gasteiger partial charge in [-0.1, -0.05) is 13.3 Å². The van der Waals surface area contributed by atoms with Crippen molar-refractivity contribution in [3.05, 3.63) is 15.8 Å². The number of carbonyl (C=O) groups is 1. The van der Waals surface area contributed by atoms with Crippen molar-refractivity contribution < 1.29 is 13.2 Å². The summed E-state index contributed by atoms with van der Waals surface area (Å²) in [6.07, 6.45) is 2.38. The van der Waals surface area contributed by atoms with E-state index in [-0.39, 0.29) is 23.5 Å². The monoisotopic (exact) mass is 330 g/mol. The van der Waals surface area contributed by atoms with Crippen LogP contribution in [0.2, 0.25) is 0 Å². The number of aryl methyl sites for hydroxylation is 1. The fraction of sp³-hybridized carbons (Fsp3) is 0.643. The fourth-order valence-corrected chi connectivity index (χ4v) is 5.17. The number of nitrogens with zero attached hydrogens (tertiary/aromatic N) is 1. The summed E-state index contributed by atoms with van der Waals surface area (Å²) < 4.78 is 23.4. The Morgan fingerprint density at radius 2 is 2.24 bits per heavy atom. The molecule has 0 bridgehead atoms. The summed E-state index contributed by atoms with van der Waals surface area (Å²) in [5, 5.41) is 0. The van der Waals surface area contributed by atoms with Gasteiger partial charge in [0.1, 0.15) is 0 Å². The average Bonchev–Trinajstić information content (AvgIpc) is 2.93. The predicted octanol–water partition coefficient (Wildman–Crippen LogP) is 2.07. The van der Waals surface area contributed by atoms with Gasteiger partial charge in [0, 0.05) is 23.2 Å². The third-order valence-corrected chi connectivity index (χ3v) is 6.63. The minimum Gasteiger partial charge on any atom is -0.398 e. The molecule has 1 aliphatic heterocycles. The SMILES string of the molecule is CCCCN(C(=O)c1cc(N)c(C)s1)C1CCS(=O)(=O)C1. The molecule has 7 heteroatoms. The van der Waals surface area contributed by atoms with Crippen molar-refractivity contribution in [1.82, 2.24) is 4.90 Å². The van der Waals surface area contributed by atoms with E-state index < -0.39 is 9.84 Å². The van der Waals surface area contributed by atoms with Crippen molar-refractivity contribution in [2.75, 3.05) is 23.8 Å². The largest absolute Gasteiger partial charge is 0.398 e. The van der Waals surface area contributed by atoms with E-state index in [1.165, 1.54) is 11.3 Å². The van der Waals surface area contributed by atoms with Crippen LogP contribution < -0.4 is 5.73 Å². The highest BCUT2D eigenvalue weighted by Gasteiger charge is 2.35. The number of hydrogen-bond donors (Lipinski definition) is 1. The molecule has 1 atom stereocenters. The Hall–Kier alpha value is -1.08. The zero-order valence-corrected chi connectivity index (χ0v) is 14.1. The molecule has 1 aromatic rings. The molecule has 0 spiro atoms. The molecule has 0 aliphatic carbocycles. The Bertz CT molecular complexity index is 603. The van der Waals surface area contributed by atoms with Crippen LogP contribution in [0.1, 0.15) is 40.7 Å². The van der Waals surface area contributed by atoms with Crippen molar-refractivity contribution >= 4 is 32.8 Å². The number of amides is 1. The molecule has 2 rings (SSSR count). The van der Waals surface area contributed by atoms with E-state index in [0.29, 0.717) is 23.5 Å². The van der Waals surface area contributed by atoms with Gasteiger partial charge in [-0.2, -0.15) is 0 Å². The molecule has 0 saturated carbocycles. The smallest absolute Gasteiger partial charge is 0.264 e. The molecule has 0 radical (unpaired) electrons. The molecule has 1 aliphatic rings.